The Morgan fingerprint density at radius 1 is 1.29 bits per heavy atom. The maximum absolute atomic E-state index is 14.8. The molecule has 1 aromatic heterocycles. The fourth-order valence-electron chi connectivity index (χ4n) is 3.47. The average molecular weight is 502 g/mol. The summed E-state index contributed by atoms with van der Waals surface area (Å²) in [6.07, 6.45) is 1.80. The summed E-state index contributed by atoms with van der Waals surface area (Å²) in [6.45, 7) is 0.0787. The molecular weight excluding hydrogens is 487 g/mol. The largest absolute Gasteiger partial charge is 0.488 e. The number of nitrogens with zero attached hydrogens (tertiary/aromatic N) is 2. The monoisotopic (exact) mass is 500 g/mol. The molecule has 3 aromatic rings. The Hall–Kier alpha value is -2.95. The van der Waals surface area contributed by atoms with Crippen molar-refractivity contribution in [2.24, 2.45) is 0 Å². The Bertz CT molecular complexity index is 1200. The number of aldehydes is 1. The Morgan fingerprint density at radius 3 is 2.90 bits per heavy atom. The summed E-state index contributed by atoms with van der Waals surface area (Å²) in [5.74, 6) is 0.450. The van der Waals surface area contributed by atoms with Crippen molar-refractivity contribution in [2.75, 3.05) is 0 Å². The number of ether oxygens (including phenoxy) is 2. The highest BCUT2D eigenvalue weighted by Crippen LogP contribution is 2.42. The van der Waals surface area contributed by atoms with Crippen LogP contribution in [0, 0.1) is 11.3 Å². The lowest BCUT2D eigenvalue weighted by atomic mass is 10.1. The van der Waals surface area contributed by atoms with E-state index in [1.165, 1.54) is 18.3 Å². The standard InChI is InChI=1S/C23H15BrClFN2O3/c24-18-3-1-2-16-17(18)6-20(26)23(16)31-22-7-21(15(11-29)5-19(22)25)30-12-14-4-13(8-27)9-28-10-14/h1-5,7,9-11,20,23H,6,12H2/t20-,23-/m1/s1. The van der Waals surface area contributed by atoms with Gasteiger partial charge in [-0.15, -0.1) is 0 Å². The number of nitriles is 1. The fourth-order valence-corrected chi connectivity index (χ4v) is 4.23. The molecule has 0 radical (unpaired) electrons. The van der Waals surface area contributed by atoms with Crippen molar-refractivity contribution in [3.63, 3.8) is 0 Å². The summed E-state index contributed by atoms with van der Waals surface area (Å²) < 4.78 is 27.3. The predicted molar refractivity (Wildman–Crippen MR) is 116 cm³/mol. The zero-order valence-corrected chi connectivity index (χ0v) is 18.4. The molecule has 0 unspecified atom stereocenters. The topological polar surface area (TPSA) is 72.2 Å². The first-order valence-corrected chi connectivity index (χ1v) is 10.5. The van der Waals surface area contributed by atoms with Crippen LogP contribution in [0.5, 0.6) is 11.5 Å². The van der Waals surface area contributed by atoms with Crippen molar-refractivity contribution in [3.05, 3.63) is 86.1 Å². The highest BCUT2D eigenvalue weighted by atomic mass is 79.9. The third-order valence-corrected chi connectivity index (χ3v) is 5.99. The lowest BCUT2D eigenvalue weighted by Crippen LogP contribution is -2.15. The molecule has 1 aliphatic rings. The SMILES string of the molecule is N#Cc1cncc(COc2cc(O[C@@H]3c4cccc(Br)c4C[C@H]3F)c(Cl)cc2C=O)c1. The van der Waals surface area contributed by atoms with Crippen LogP contribution in [0.4, 0.5) is 4.39 Å². The Labute approximate surface area is 191 Å². The summed E-state index contributed by atoms with van der Waals surface area (Å²) in [6, 6.07) is 12.1. The van der Waals surface area contributed by atoms with Gasteiger partial charge in [-0.1, -0.05) is 39.7 Å². The zero-order valence-electron chi connectivity index (χ0n) is 16.0. The highest BCUT2D eigenvalue weighted by Gasteiger charge is 2.36. The van der Waals surface area contributed by atoms with Crippen LogP contribution in [0.15, 0.2) is 53.3 Å². The second-order valence-corrected chi connectivity index (χ2v) is 8.25. The molecule has 0 N–H and O–H groups in total. The number of carbonyl (C=O) groups excluding carboxylic acids is 1. The number of fused-ring (bicyclic) bond motifs is 1. The van der Waals surface area contributed by atoms with Gasteiger partial charge in [0.2, 0.25) is 0 Å². The third-order valence-electron chi connectivity index (χ3n) is 4.95. The minimum absolute atomic E-state index is 0.0787. The number of hydrogen-bond acceptors (Lipinski definition) is 5. The van der Waals surface area contributed by atoms with Gasteiger partial charge in [-0.05, 0) is 29.3 Å². The highest BCUT2D eigenvalue weighted by molar-refractivity contribution is 9.10. The van der Waals surface area contributed by atoms with Crippen LogP contribution in [0.3, 0.4) is 0 Å². The number of hydrogen-bond donors (Lipinski definition) is 0. The smallest absolute Gasteiger partial charge is 0.155 e. The van der Waals surface area contributed by atoms with Crippen molar-refractivity contribution in [1.82, 2.24) is 4.98 Å². The average Bonchev–Trinajstić information content (AvgIpc) is 3.10. The number of alkyl halides is 1. The van der Waals surface area contributed by atoms with Gasteiger partial charge in [-0.3, -0.25) is 9.78 Å². The predicted octanol–water partition coefficient (Wildman–Crippen LogP) is 5.77. The van der Waals surface area contributed by atoms with Gasteiger partial charge in [0.25, 0.3) is 0 Å². The van der Waals surface area contributed by atoms with Crippen LogP contribution in [-0.4, -0.2) is 17.4 Å². The summed E-state index contributed by atoms with van der Waals surface area (Å²) in [5.41, 5.74) is 2.90. The molecule has 2 aromatic carbocycles. The van der Waals surface area contributed by atoms with E-state index in [0.29, 0.717) is 17.4 Å². The van der Waals surface area contributed by atoms with E-state index in [9.17, 15) is 9.18 Å². The quantitative estimate of drug-likeness (QED) is 0.401. The Morgan fingerprint density at radius 2 is 2.13 bits per heavy atom. The second-order valence-electron chi connectivity index (χ2n) is 6.99. The minimum atomic E-state index is -1.24. The second kappa shape index (κ2) is 9.04. The number of halogens is 3. The maximum atomic E-state index is 14.8. The summed E-state index contributed by atoms with van der Waals surface area (Å²) >= 11 is 9.76. The summed E-state index contributed by atoms with van der Waals surface area (Å²) in [7, 11) is 0. The fraction of sp³-hybridized carbons (Fsp3) is 0.174. The van der Waals surface area contributed by atoms with E-state index in [-0.39, 0.29) is 35.1 Å². The molecule has 0 bridgehead atoms. The van der Waals surface area contributed by atoms with Crippen LogP contribution >= 0.6 is 27.5 Å². The van der Waals surface area contributed by atoms with E-state index in [4.69, 9.17) is 26.3 Å². The van der Waals surface area contributed by atoms with Crippen LogP contribution < -0.4 is 9.47 Å². The zero-order chi connectivity index (χ0) is 22.0. The van der Waals surface area contributed by atoms with Crippen molar-refractivity contribution in [2.45, 2.75) is 25.3 Å². The van der Waals surface area contributed by atoms with E-state index in [1.807, 2.05) is 24.3 Å². The Balaban J connectivity index is 1.60. The maximum Gasteiger partial charge on any atom is 0.155 e. The normalized spacial score (nSPS) is 17.0. The van der Waals surface area contributed by atoms with Crippen molar-refractivity contribution in [1.29, 1.82) is 5.26 Å². The van der Waals surface area contributed by atoms with Gasteiger partial charge in [0.15, 0.2) is 12.4 Å². The first-order valence-electron chi connectivity index (χ1n) is 9.33. The van der Waals surface area contributed by atoms with Gasteiger partial charge in [0.1, 0.15) is 30.3 Å². The molecular formula is C23H15BrClFN2O3. The van der Waals surface area contributed by atoms with Crippen molar-refractivity contribution in [3.8, 4) is 17.6 Å². The third kappa shape index (κ3) is 4.41. The minimum Gasteiger partial charge on any atom is -0.488 e. The molecule has 4 rings (SSSR count). The van der Waals surface area contributed by atoms with E-state index >= 15 is 0 Å². The molecule has 2 atom stereocenters. The molecule has 1 heterocycles. The van der Waals surface area contributed by atoms with E-state index in [0.717, 1.165) is 15.6 Å². The van der Waals surface area contributed by atoms with Gasteiger partial charge >= 0.3 is 0 Å². The molecule has 0 spiro atoms. The van der Waals surface area contributed by atoms with Crippen LogP contribution in [0.25, 0.3) is 0 Å². The number of carbonyl (C=O) groups is 1. The molecule has 0 aliphatic heterocycles. The number of rotatable bonds is 6. The first kappa shape index (κ1) is 21.3. The lowest BCUT2D eigenvalue weighted by Gasteiger charge is -2.19. The van der Waals surface area contributed by atoms with Gasteiger partial charge in [0, 0.05) is 34.9 Å². The van der Waals surface area contributed by atoms with Crippen molar-refractivity contribution >= 4 is 33.8 Å². The molecule has 0 amide bonds. The summed E-state index contributed by atoms with van der Waals surface area (Å²) in [5, 5.41) is 9.18. The van der Waals surface area contributed by atoms with Gasteiger partial charge in [0.05, 0.1) is 16.1 Å². The lowest BCUT2D eigenvalue weighted by molar-refractivity contribution is 0.111. The van der Waals surface area contributed by atoms with E-state index in [2.05, 4.69) is 20.9 Å². The van der Waals surface area contributed by atoms with Crippen LogP contribution in [0.1, 0.15) is 38.7 Å². The summed E-state index contributed by atoms with van der Waals surface area (Å²) in [4.78, 5) is 15.5. The van der Waals surface area contributed by atoms with E-state index in [1.54, 1.807) is 12.3 Å². The van der Waals surface area contributed by atoms with Crippen LogP contribution in [-0.2, 0) is 13.0 Å². The first-order chi connectivity index (χ1) is 15.0. The molecule has 31 heavy (non-hydrogen) atoms. The van der Waals surface area contributed by atoms with E-state index < -0.39 is 12.3 Å². The number of benzene rings is 2. The number of aromatic nitrogens is 1. The molecule has 5 nitrogen and oxygen atoms in total. The Kier molecular flexibility index (Phi) is 6.21. The van der Waals surface area contributed by atoms with Gasteiger partial charge < -0.3 is 9.47 Å². The molecule has 8 heteroatoms. The molecule has 1 aliphatic carbocycles. The number of pyridine rings is 1. The molecule has 0 saturated carbocycles. The van der Waals surface area contributed by atoms with Crippen molar-refractivity contribution < 1.29 is 18.7 Å². The van der Waals surface area contributed by atoms with Gasteiger partial charge in [-0.2, -0.15) is 5.26 Å². The molecule has 0 fully saturated rings. The van der Waals surface area contributed by atoms with Gasteiger partial charge in [-0.25, -0.2) is 4.39 Å². The van der Waals surface area contributed by atoms with Crippen LogP contribution in [0.2, 0.25) is 5.02 Å². The molecule has 0 saturated heterocycles. The molecule has 156 valence electrons.